The molecule has 22 heteroatoms. The van der Waals surface area contributed by atoms with Gasteiger partial charge in [0.2, 0.25) is 27.8 Å². The number of anilines is 6. The van der Waals surface area contributed by atoms with Gasteiger partial charge in [0, 0.05) is 92.4 Å². The number of carbonyl (C=O) groups is 4. The van der Waals surface area contributed by atoms with Crippen molar-refractivity contribution in [2.75, 3.05) is 126 Å². The second-order valence-electron chi connectivity index (χ2n) is 18.9. The standard InChI is InChI=1S/C51H68N10O11S/c1-35-34-54-50(58-46(35)56-41-7-5-8-43(73(52,66)67)45(41)51(2,3)4)55-36-9-12-38(13-10-36)60-21-19-59(20-22-60)18-6-23-68-25-27-70-29-31-72-32-30-71-28-26-69-24-17-53-37-11-14-39-40(33-37)49(65)61(48(39)64)42-15-16-44(62)57-47(42)63/h5,7-14,33-34,42,53H,6,15-32H2,1-4H3,(H2,52,66,67)(H,57,62,63)(H2,54,55,56,58). The Morgan fingerprint density at radius 2 is 1.37 bits per heavy atom. The Hall–Kier alpha value is -6.11. The lowest BCUT2D eigenvalue weighted by atomic mass is 9.85. The minimum Gasteiger partial charge on any atom is -0.383 e. The first-order chi connectivity index (χ1) is 35.1. The van der Waals surface area contributed by atoms with E-state index in [2.05, 4.69) is 48.2 Å². The number of hydrogen-bond acceptors (Lipinski definition) is 18. The van der Waals surface area contributed by atoms with Gasteiger partial charge < -0.3 is 44.5 Å². The van der Waals surface area contributed by atoms with Gasteiger partial charge in [0.15, 0.2) is 0 Å². The molecule has 3 aromatic carbocycles. The number of sulfonamides is 1. The van der Waals surface area contributed by atoms with Crippen molar-refractivity contribution >= 4 is 68.2 Å². The monoisotopic (exact) mass is 1030 g/mol. The van der Waals surface area contributed by atoms with E-state index in [1.54, 1.807) is 30.5 Å². The van der Waals surface area contributed by atoms with Crippen LogP contribution < -0.4 is 31.3 Å². The zero-order valence-electron chi connectivity index (χ0n) is 42.1. The summed E-state index contributed by atoms with van der Waals surface area (Å²) in [5, 5.41) is 17.6. The molecule has 394 valence electrons. The van der Waals surface area contributed by atoms with Gasteiger partial charge in [0.1, 0.15) is 11.9 Å². The van der Waals surface area contributed by atoms with Crippen molar-refractivity contribution in [2.24, 2.45) is 5.14 Å². The summed E-state index contributed by atoms with van der Waals surface area (Å²) in [4.78, 5) is 64.8. The number of benzene rings is 3. The van der Waals surface area contributed by atoms with Gasteiger partial charge in [0.25, 0.3) is 11.8 Å². The first kappa shape index (κ1) is 54.7. The van der Waals surface area contributed by atoms with Gasteiger partial charge in [-0.1, -0.05) is 26.8 Å². The van der Waals surface area contributed by atoms with Crippen LogP contribution in [0.5, 0.6) is 0 Å². The van der Waals surface area contributed by atoms with Crippen molar-refractivity contribution in [2.45, 2.75) is 63.3 Å². The maximum absolute atomic E-state index is 13.0. The van der Waals surface area contributed by atoms with Crippen molar-refractivity contribution in [1.29, 1.82) is 0 Å². The van der Waals surface area contributed by atoms with Crippen LogP contribution in [0, 0.1) is 6.92 Å². The van der Waals surface area contributed by atoms with E-state index in [0.29, 0.717) is 101 Å². The topological polar surface area (TPSA) is 258 Å². The zero-order chi connectivity index (χ0) is 52.0. The van der Waals surface area contributed by atoms with Gasteiger partial charge in [-0.15, -0.1) is 0 Å². The van der Waals surface area contributed by atoms with E-state index in [1.165, 1.54) is 6.07 Å². The number of imide groups is 2. The summed E-state index contributed by atoms with van der Waals surface area (Å²) in [5.41, 5.74) is 4.56. The SMILES string of the molecule is Cc1cnc(Nc2ccc(N3CCN(CCCOCCOCCOCCOCCOCCNc4ccc5c(c4)C(=O)N(C4CCC(=O)NC4=O)C5=O)CC3)cc2)nc1Nc1cccc(S(N)(=O)=O)c1C(C)(C)C. The lowest BCUT2D eigenvalue weighted by Gasteiger charge is -2.36. The molecule has 73 heavy (non-hydrogen) atoms. The van der Waals surface area contributed by atoms with Crippen molar-refractivity contribution in [3.8, 4) is 0 Å². The molecule has 21 nitrogen and oxygen atoms in total. The first-order valence-corrected chi connectivity index (χ1v) is 26.2. The summed E-state index contributed by atoms with van der Waals surface area (Å²) in [6.45, 7) is 17.7. The number of hydrogen-bond donors (Lipinski definition) is 5. The normalized spacial score (nSPS) is 16.5. The number of amides is 4. The molecule has 1 atom stereocenters. The second-order valence-corrected chi connectivity index (χ2v) is 20.4. The number of aromatic nitrogens is 2. The molecule has 3 aliphatic rings. The van der Waals surface area contributed by atoms with Crippen molar-refractivity contribution in [3.05, 3.63) is 89.1 Å². The van der Waals surface area contributed by atoms with Gasteiger partial charge in [-0.2, -0.15) is 4.98 Å². The highest BCUT2D eigenvalue weighted by Crippen LogP contribution is 2.37. The summed E-state index contributed by atoms with van der Waals surface area (Å²) < 4.78 is 53.1. The fourth-order valence-electron chi connectivity index (χ4n) is 8.74. The molecule has 1 aromatic heterocycles. The minimum atomic E-state index is -3.95. The van der Waals surface area contributed by atoms with E-state index in [1.807, 2.05) is 45.9 Å². The minimum absolute atomic E-state index is 0.0689. The molecule has 4 aromatic rings. The van der Waals surface area contributed by atoms with E-state index in [-0.39, 0.29) is 28.9 Å². The molecule has 0 aliphatic carbocycles. The van der Waals surface area contributed by atoms with Crippen LogP contribution in [0.25, 0.3) is 0 Å². The molecular weight excluding hydrogens is 961 g/mol. The van der Waals surface area contributed by atoms with Crippen LogP contribution >= 0.6 is 0 Å². The van der Waals surface area contributed by atoms with Crippen LogP contribution in [0.3, 0.4) is 0 Å². The lowest BCUT2D eigenvalue weighted by molar-refractivity contribution is -0.136. The molecule has 2 fully saturated rings. The maximum Gasteiger partial charge on any atom is 0.262 e. The average molecular weight is 1030 g/mol. The predicted molar refractivity (Wildman–Crippen MR) is 275 cm³/mol. The Kier molecular flexibility index (Phi) is 19.2. The molecule has 0 bridgehead atoms. The fraction of sp³-hybridized carbons (Fsp3) is 0.490. The molecule has 4 heterocycles. The number of piperazine rings is 1. The summed E-state index contributed by atoms with van der Waals surface area (Å²) in [7, 11) is -3.95. The smallest absolute Gasteiger partial charge is 0.262 e. The number of fused-ring (bicyclic) bond motifs is 1. The van der Waals surface area contributed by atoms with Crippen molar-refractivity contribution in [1.82, 2.24) is 25.1 Å². The number of carbonyl (C=O) groups excluding carboxylic acids is 4. The summed E-state index contributed by atoms with van der Waals surface area (Å²) in [6, 6.07) is 17.1. The van der Waals surface area contributed by atoms with Crippen molar-refractivity contribution < 1.29 is 51.3 Å². The quantitative estimate of drug-likeness (QED) is 0.0411. The Bertz CT molecular complexity index is 2660. The molecule has 1 unspecified atom stereocenters. The van der Waals surface area contributed by atoms with Crippen LogP contribution in [0.4, 0.5) is 34.5 Å². The maximum atomic E-state index is 13.0. The molecule has 0 spiro atoms. The van der Waals surface area contributed by atoms with Crippen molar-refractivity contribution in [3.63, 3.8) is 0 Å². The molecule has 0 saturated carbocycles. The Labute approximate surface area is 426 Å². The highest BCUT2D eigenvalue weighted by Gasteiger charge is 2.44. The summed E-state index contributed by atoms with van der Waals surface area (Å²) in [6.07, 6.45) is 2.85. The Balaban J connectivity index is 0.667. The van der Waals surface area contributed by atoms with Gasteiger partial charge in [-0.3, -0.25) is 34.3 Å². The predicted octanol–water partition coefficient (Wildman–Crippen LogP) is 4.33. The molecule has 3 aliphatic heterocycles. The fourth-order valence-corrected chi connectivity index (χ4v) is 9.71. The number of ether oxygens (including phenoxy) is 5. The summed E-state index contributed by atoms with van der Waals surface area (Å²) in [5.74, 6) is -1.19. The lowest BCUT2D eigenvalue weighted by Crippen LogP contribution is -2.54. The molecule has 4 amide bonds. The van der Waals surface area contributed by atoms with Crippen LogP contribution in [0.2, 0.25) is 0 Å². The molecular formula is C51H68N10O11S. The van der Waals surface area contributed by atoms with E-state index >= 15 is 0 Å². The van der Waals surface area contributed by atoms with E-state index < -0.39 is 45.1 Å². The Morgan fingerprint density at radius 1 is 0.753 bits per heavy atom. The van der Waals surface area contributed by atoms with E-state index in [4.69, 9.17) is 33.8 Å². The third-order valence-corrected chi connectivity index (χ3v) is 13.4. The number of primary sulfonamides is 1. The third-order valence-electron chi connectivity index (χ3n) is 12.4. The first-order valence-electron chi connectivity index (χ1n) is 24.7. The molecule has 2 saturated heterocycles. The van der Waals surface area contributed by atoms with Gasteiger partial charge in [0.05, 0.1) is 75.5 Å². The van der Waals surface area contributed by atoms with Gasteiger partial charge >= 0.3 is 0 Å². The number of nitrogens with zero attached hydrogens (tertiary/aromatic N) is 5. The number of nitrogens with one attached hydrogen (secondary N) is 4. The van der Waals surface area contributed by atoms with Gasteiger partial charge in [-0.05, 0) is 79.8 Å². The average Bonchev–Trinajstić information content (AvgIpc) is 3.60. The van der Waals surface area contributed by atoms with Crippen LogP contribution in [0.1, 0.15) is 71.9 Å². The number of aryl methyl sites for hydroxylation is 1. The summed E-state index contributed by atoms with van der Waals surface area (Å²) >= 11 is 0. The van der Waals surface area contributed by atoms with E-state index in [9.17, 15) is 27.6 Å². The zero-order valence-corrected chi connectivity index (χ0v) is 42.9. The second kappa shape index (κ2) is 25.7. The number of nitrogens with two attached hydrogens (primary N) is 1. The molecule has 7 rings (SSSR count). The number of piperidine rings is 1. The molecule has 0 radical (unpaired) electrons. The van der Waals surface area contributed by atoms with Crippen LogP contribution in [-0.4, -0.2) is 163 Å². The van der Waals surface area contributed by atoms with E-state index in [0.717, 1.165) is 61.0 Å². The third kappa shape index (κ3) is 15.2. The Morgan fingerprint density at radius 3 is 2.00 bits per heavy atom. The highest BCUT2D eigenvalue weighted by molar-refractivity contribution is 7.89. The number of rotatable bonds is 27. The van der Waals surface area contributed by atoms with Crippen LogP contribution in [0.15, 0.2) is 71.8 Å². The molecule has 6 N–H and O–H groups in total. The van der Waals surface area contributed by atoms with Crippen LogP contribution in [-0.2, 0) is 48.7 Å². The highest BCUT2D eigenvalue weighted by atomic mass is 32.2. The largest absolute Gasteiger partial charge is 0.383 e. The van der Waals surface area contributed by atoms with Gasteiger partial charge in [-0.25, -0.2) is 18.5 Å².